The summed E-state index contributed by atoms with van der Waals surface area (Å²) in [7, 11) is 1.61. The summed E-state index contributed by atoms with van der Waals surface area (Å²) >= 11 is 0. The third-order valence-corrected chi connectivity index (χ3v) is 7.33. The van der Waals surface area contributed by atoms with Crippen LogP contribution in [0.3, 0.4) is 0 Å². The summed E-state index contributed by atoms with van der Waals surface area (Å²) in [6.45, 7) is 1.69. The predicted octanol–water partition coefficient (Wildman–Crippen LogP) is 6.26. The van der Waals surface area contributed by atoms with Crippen LogP contribution in [0.15, 0.2) is 66.9 Å². The Labute approximate surface area is 231 Å². The Morgan fingerprint density at radius 1 is 1.05 bits per heavy atom. The minimum Gasteiger partial charge on any atom is -0.497 e. The van der Waals surface area contributed by atoms with E-state index in [2.05, 4.69) is 15.4 Å². The number of halogens is 3. The van der Waals surface area contributed by atoms with Gasteiger partial charge in [0.1, 0.15) is 12.3 Å². The highest BCUT2D eigenvalue weighted by molar-refractivity contribution is 5.77. The zero-order valence-corrected chi connectivity index (χ0v) is 22.5. The molecule has 1 amide bonds. The van der Waals surface area contributed by atoms with Gasteiger partial charge in [-0.25, -0.2) is 0 Å². The number of amides is 1. The molecule has 0 unspecified atom stereocenters. The molecule has 0 fully saturated rings. The van der Waals surface area contributed by atoms with Crippen LogP contribution in [0.5, 0.6) is 5.75 Å². The Morgan fingerprint density at radius 2 is 1.82 bits per heavy atom. The lowest BCUT2D eigenvalue weighted by Gasteiger charge is -2.22. The van der Waals surface area contributed by atoms with E-state index in [1.165, 1.54) is 4.68 Å². The van der Waals surface area contributed by atoms with Crippen LogP contribution in [-0.4, -0.2) is 27.8 Å². The van der Waals surface area contributed by atoms with Crippen molar-refractivity contribution >= 4 is 5.91 Å². The molecule has 2 aromatic carbocycles. The monoisotopic (exact) mass is 548 g/mol. The smallest absolute Gasteiger partial charge is 0.435 e. The van der Waals surface area contributed by atoms with Crippen molar-refractivity contribution in [3.63, 3.8) is 0 Å². The van der Waals surface area contributed by atoms with Crippen LogP contribution < -0.4 is 10.1 Å². The lowest BCUT2D eigenvalue weighted by molar-refractivity contribution is -0.142. The molecule has 40 heavy (non-hydrogen) atoms. The van der Waals surface area contributed by atoms with E-state index in [9.17, 15) is 18.0 Å². The van der Waals surface area contributed by atoms with Gasteiger partial charge in [0, 0.05) is 23.0 Å². The number of aromatic nitrogens is 3. The summed E-state index contributed by atoms with van der Waals surface area (Å²) in [6.07, 6.45) is -0.176. The fourth-order valence-electron chi connectivity index (χ4n) is 5.46. The van der Waals surface area contributed by atoms with Gasteiger partial charge in [0.05, 0.1) is 18.8 Å². The van der Waals surface area contributed by atoms with Crippen LogP contribution in [-0.2, 0) is 36.8 Å². The van der Waals surface area contributed by atoms with Gasteiger partial charge in [-0.05, 0) is 73.9 Å². The van der Waals surface area contributed by atoms with Gasteiger partial charge in [-0.15, -0.1) is 0 Å². The van der Waals surface area contributed by atoms with Crippen molar-refractivity contribution in [3.8, 4) is 16.9 Å². The minimum absolute atomic E-state index is 0.217. The molecular formula is C31H31F3N4O2. The molecule has 5 rings (SSSR count). The number of hydrogen-bond acceptors (Lipinski definition) is 4. The number of rotatable bonds is 8. The van der Waals surface area contributed by atoms with Crippen molar-refractivity contribution in [2.24, 2.45) is 0 Å². The van der Waals surface area contributed by atoms with E-state index in [1.54, 1.807) is 13.3 Å². The van der Waals surface area contributed by atoms with Crippen LogP contribution in [0.4, 0.5) is 13.2 Å². The standard InChI is InChI=1S/C31H31F3N4O2/c1-20-17-22(40-2)14-15-23(20)24-12-8-16-35-29(24)26(18-21-9-4-3-5-10-21)36-28(39)19-38-27-13-7-6-11-25(27)30(37-38)31(32,33)34/h3-5,8-10,12,14-17,26H,6-7,11,13,18-19H2,1-2H3,(H,36,39)/t26-/m0/s1. The number of alkyl halides is 3. The first-order valence-electron chi connectivity index (χ1n) is 13.3. The van der Waals surface area contributed by atoms with Gasteiger partial charge >= 0.3 is 6.18 Å². The van der Waals surface area contributed by atoms with Gasteiger partial charge in [0.25, 0.3) is 0 Å². The second-order valence-electron chi connectivity index (χ2n) is 10.1. The quantitative estimate of drug-likeness (QED) is 0.282. The van der Waals surface area contributed by atoms with Gasteiger partial charge in [0.2, 0.25) is 5.91 Å². The molecule has 0 bridgehead atoms. The van der Waals surface area contributed by atoms with Gasteiger partial charge in [-0.1, -0.05) is 42.5 Å². The summed E-state index contributed by atoms with van der Waals surface area (Å²) in [5, 5.41) is 6.93. The number of pyridine rings is 1. The second kappa shape index (κ2) is 11.5. The maximum Gasteiger partial charge on any atom is 0.435 e. The van der Waals surface area contributed by atoms with Crippen molar-refractivity contribution in [1.29, 1.82) is 0 Å². The van der Waals surface area contributed by atoms with E-state index in [4.69, 9.17) is 4.74 Å². The molecule has 1 aliphatic carbocycles. The predicted molar refractivity (Wildman–Crippen MR) is 146 cm³/mol. The number of benzene rings is 2. The summed E-state index contributed by atoms with van der Waals surface area (Å²) in [4.78, 5) is 18.1. The second-order valence-corrected chi connectivity index (χ2v) is 10.1. The molecule has 0 saturated carbocycles. The van der Waals surface area contributed by atoms with Crippen LogP contribution in [0.2, 0.25) is 0 Å². The Hall–Kier alpha value is -4.14. The molecule has 0 spiro atoms. The van der Waals surface area contributed by atoms with Crippen LogP contribution in [0, 0.1) is 6.92 Å². The zero-order chi connectivity index (χ0) is 28.3. The van der Waals surface area contributed by atoms with Crippen molar-refractivity contribution in [1.82, 2.24) is 20.1 Å². The number of carbonyl (C=O) groups excluding carboxylic acids is 1. The molecule has 208 valence electrons. The Morgan fingerprint density at radius 3 is 2.55 bits per heavy atom. The van der Waals surface area contributed by atoms with E-state index >= 15 is 0 Å². The minimum atomic E-state index is -4.56. The molecule has 0 radical (unpaired) electrons. The number of aryl methyl sites for hydroxylation is 1. The first kappa shape index (κ1) is 27.4. The van der Waals surface area contributed by atoms with Crippen LogP contribution in [0.1, 0.15) is 52.7 Å². The van der Waals surface area contributed by atoms with Crippen molar-refractivity contribution in [2.75, 3.05) is 7.11 Å². The van der Waals surface area contributed by atoms with E-state index in [0.29, 0.717) is 37.1 Å². The molecule has 1 atom stereocenters. The first-order valence-corrected chi connectivity index (χ1v) is 13.3. The molecule has 2 heterocycles. The van der Waals surface area contributed by atoms with Crippen LogP contribution >= 0.6 is 0 Å². The normalized spacial score (nSPS) is 13.9. The lowest BCUT2D eigenvalue weighted by Crippen LogP contribution is -2.34. The molecule has 2 aromatic heterocycles. The maximum atomic E-state index is 13.7. The zero-order valence-electron chi connectivity index (χ0n) is 22.5. The maximum absolute atomic E-state index is 13.7. The Balaban J connectivity index is 1.48. The summed E-state index contributed by atoms with van der Waals surface area (Å²) in [6, 6.07) is 18.8. The van der Waals surface area contributed by atoms with E-state index in [1.807, 2.05) is 67.6 Å². The number of carbonyl (C=O) groups is 1. The highest BCUT2D eigenvalue weighted by atomic mass is 19.4. The summed E-state index contributed by atoms with van der Waals surface area (Å²) in [5.41, 5.74) is 4.30. The van der Waals surface area contributed by atoms with E-state index in [-0.39, 0.29) is 12.1 Å². The summed E-state index contributed by atoms with van der Waals surface area (Å²) < 4.78 is 47.7. The van der Waals surface area contributed by atoms with E-state index in [0.717, 1.165) is 34.4 Å². The number of nitrogens with zero attached hydrogens (tertiary/aromatic N) is 3. The average Bonchev–Trinajstić information content (AvgIpc) is 3.32. The number of nitrogens with one attached hydrogen (secondary N) is 1. The molecule has 0 aliphatic heterocycles. The molecule has 4 aromatic rings. The van der Waals surface area contributed by atoms with Gasteiger partial charge < -0.3 is 10.1 Å². The fourth-order valence-corrected chi connectivity index (χ4v) is 5.46. The third kappa shape index (κ3) is 5.88. The largest absolute Gasteiger partial charge is 0.497 e. The highest BCUT2D eigenvalue weighted by Crippen LogP contribution is 2.36. The van der Waals surface area contributed by atoms with Crippen LogP contribution in [0.25, 0.3) is 11.1 Å². The number of hydrogen-bond donors (Lipinski definition) is 1. The topological polar surface area (TPSA) is 69.0 Å². The third-order valence-electron chi connectivity index (χ3n) is 7.33. The van der Waals surface area contributed by atoms with Gasteiger partial charge in [-0.2, -0.15) is 18.3 Å². The number of fused-ring (bicyclic) bond motifs is 1. The van der Waals surface area contributed by atoms with Crippen molar-refractivity contribution in [3.05, 3.63) is 101 Å². The van der Waals surface area contributed by atoms with Crippen molar-refractivity contribution < 1.29 is 22.7 Å². The van der Waals surface area contributed by atoms with E-state index < -0.39 is 23.8 Å². The fraction of sp³-hybridized carbons (Fsp3) is 0.323. The molecule has 1 aliphatic rings. The Kier molecular flexibility index (Phi) is 7.91. The van der Waals surface area contributed by atoms with Gasteiger partial charge in [0.15, 0.2) is 5.69 Å². The molecule has 9 heteroatoms. The lowest BCUT2D eigenvalue weighted by atomic mass is 9.93. The first-order chi connectivity index (χ1) is 19.2. The highest BCUT2D eigenvalue weighted by Gasteiger charge is 2.39. The molecule has 1 N–H and O–H groups in total. The molecule has 0 saturated heterocycles. The Bertz CT molecular complexity index is 1500. The van der Waals surface area contributed by atoms with Crippen molar-refractivity contribution in [2.45, 2.75) is 57.8 Å². The molecule has 6 nitrogen and oxygen atoms in total. The number of methoxy groups -OCH3 is 1. The molecular weight excluding hydrogens is 517 g/mol. The SMILES string of the molecule is COc1ccc(-c2cccnc2[C@H](Cc2ccccc2)NC(=O)Cn2nc(C(F)(F)F)c3c2CCCC3)c(C)c1. The van der Waals surface area contributed by atoms with Gasteiger partial charge in [-0.3, -0.25) is 14.5 Å². The summed E-state index contributed by atoms with van der Waals surface area (Å²) in [5.74, 6) is 0.315. The number of ether oxygens (including phenoxy) is 1. The average molecular weight is 549 g/mol.